The van der Waals surface area contributed by atoms with E-state index in [1.807, 2.05) is 34.9 Å². The van der Waals surface area contributed by atoms with Crippen molar-refractivity contribution >= 4 is 43.1 Å². The van der Waals surface area contributed by atoms with E-state index in [-0.39, 0.29) is 12.0 Å². The number of aromatic nitrogens is 2. The minimum atomic E-state index is -0.0633. The molecule has 0 unspecified atom stereocenters. The molecule has 5 rings (SSSR count). The van der Waals surface area contributed by atoms with Crippen LogP contribution in [0.5, 0.6) is 5.75 Å². The highest BCUT2D eigenvalue weighted by Gasteiger charge is 2.15. The lowest BCUT2D eigenvalue weighted by molar-refractivity contribution is 0.279. The fourth-order valence-corrected chi connectivity index (χ4v) is 4.02. The maximum absolute atomic E-state index is 12.5. The zero-order valence-corrected chi connectivity index (χ0v) is 16.3. The van der Waals surface area contributed by atoms with Crippen LogP contribution in [-0.4, -0.2) is 14.5 Å². The maximum Gasteiger partial charge on any atom is 0.189 e. The average molecular weight is 435 g/mol. The van der Waals surface area contributed by atoms with Gasteiger partial charge < -0.3 is 14.2 Å². The Morgan fingerprint density at radius 2 is 1.82 bits per heavy atom. The van der Waals surface area contributed by atoms with Crippen molar-refractivity contribution in [3.8, 4) is 5.75 Å². The van der Waals surface area contributed by atoms with Crippen LogP contribution in [0, 0.1) is 0 Å². The maximum atomic E-state index is 12.5. The molecule has 3 aromatic heterocycles. The van der Waals surface area contributed by atoms with Gasteiger partial charge in [0, 0.05) is 45.5 Å². The molecular weight excluding hydrogens is 420 g/mol. The molecule has 6 heteroatoms. The largest absolute Gasteiger partial charge is 0.489 e. The second kappa shape index (κ2) is 6.58. The summed E-state index contributed by atoms with van der Waals surface area (Å²) in [6.45, 7) is 0.240. The molecule has 2 aromatic carbocycles. The molecule has 0 fully saturated rings. The number of hydrogen-bond donors (Lipinski definition) is 1. The highest BCUT2D eigenvalue weighted by Crippen LogP contribution is 2.35. The van der Waals surface area contributed by atoms with E-state index < -0.39 is 0 Å². The molecule has 0 bridgehead atoms. The molecule has 0 saturated carbocycles. The number of ether oxygens (including phenoxy) is 1. The summed E-state index contributed by atoms with van der Waals surface area (Å²) in [5.74, 6) is 0.625. The summed E-state index contributed by atoms with van der Waals surface area (Å²) in [5, 5.41) is 11.9. The zero-order valence-electron chi connectivity index (χ0n) is 14.7. The van der Waals surface area contributed by atoms with Crippen LogP contribution in [0.25, 0.3) is 27.2 Å². The molecule has 3 heterocycles. The monoisotopic (exact) mass is 434 g/mol. The van der Waals surface area contributed by atoms with E-state index in [2.05, 4.69) is 27.0 Å². The quantitative estimate of drug-likeness (QED) is 0.458. The molecule has 0 spiro atoms. The predicted molar refractivity (Wildman–Crippen MR) is 112 cm³/mol. The van der Waals surface area contributed by atoms with Crippen LogP contribution in [-0.2, 0) is 13.2 Å². The van der Waals surface area contributed by atoms with Gasteiger partial charge in [0.1, 0.15) is 12.4 Å². The van der Waals surface area contributed by atoms with Gasteiger partial charge in [-0.1, -0.05) is 15.9 Å². The van der Waals surface area contributed by atoms with E-state index in [0.29, 0.717) is 17.7 Å². The average Bonchev–Trinajstić information content (AvgIpc) is 3.03. The fraction of sp³-hybridized carbons (Fsp3) is 0.0909. The minimum Gasteiger partial charge on any atom is -0.489 e. The van der Waals surface area contributed by atoms with Crippen LogP contribution in [0.2, 0.25) is 0 Å². The second-order valence-corrected chi connectivity index (χ2v) is 7.64. The van der Waals surface area contributed by atoms with Crippen LogP contribution >= 0.6 is 15.9 Å². The third-order valence-corrected chi connectivity index (χ3v) is 5.41. The van der Waals surface area contributed by atoms with E-state index in [0.717, 1.165) is 37.4 Å². The first-order chi connectivity index (χ1) is 13.6. The number of nitrogens with zero attached hydrogens (tertiary/aromatic N) is 2. The number of fused-ring (bicyclic) bond motifs is 3. The SMILES string of the molecule is O=c1ccn2c3ccc(Br)cc3c3cc(OCc4cncc(CO)c4)cc1c32. The Morgan fingerprint density at radius 1 is 1.00 bits per heavy atom. The van der Waals surface area contributed by atoms with Crippen molar-refractivity contribution in [2.75, 3.05) is 0 Å². The van der Waals surface area contributed by atoms with Crippen molar-refractivity contribution in [2.45, 2.75) is 13.2 Å². The van der Waals surface area contributed by atoms with Gasteiger partial charge in [0.2, 0.25) is 0 Å². The third kappa shape index (κ3) is 2.73. The Bertz CT molecular complexity index is 1390. The summed E-state index contributed by atoms with van der Waals surface area (Å²) in [6, 6.07) is 13.3. The topological polar surface area (TPSA) is 63.8 Å². The van der Waals surface area contributed by atoms with Crippen LogP contribution in [0.15, 0.2) is 70.3 Å². The van der Waals surface area contributed by atoms with Crippen molar-refractivity contribution in [2.24, 2.45) is 0 Å². The summed E-state index contributed by atoms with van der Waals surface area (Å²) < 4.78 is 9.01. The lowest BCUT2D eigenvalue weighted by Crippen LogP contribution is -2.03. The third-order valence-electron chi connectivity index (χ3n) is 4.91. The molecule has 0 aliphatic carbocycles. The lowest BCUT2D eigenvalue weighted by atomic mass is 10.1. The minimum absolute atomic E-state index is 0.0335. The molecule has 0 radical (unpaired) electrons. The highest BCUT2D eigenvalue weighted by molar-refractivity contribution is 9.10. The molecule has 5 aromatic rings. The van der Waals surface area contributed by atoms with Gasteiger partial charge in [0.25, 0.3) is 0 Å². The van der Waals surface area contributed by atoms with Gasteiger partial charge in [-0.05, 0) is 42.0 Å². The Morgan fingerprint density at radius 3 is 2.68 bits per heavy atom. The molecule has 0 aliphatic heterocycles. The van der Waals surface area contributed by atoms with Crippen molar-refractivity contribution in [1.29, 1.82) is 0 Å². The standard InChI is InChI=1S/C22H15BrN2O3/c23-15-1-2-20-17(6-15)18-7-16(8-19-21(27)3-4-25(20)22(18)19)28-12-14-5-13(11-26)9-24-10-14/h1-10,26H,11-12H2. The first kappa shape index (κ1) is 17.2. The van der Waals surface area contributed by atoms with E-state index in [9.17, 15) is 9.90 Å². The van der Waals surface area contributed by atoms with Crippen LogP contribution in [0.1, 0.15) is 11.1 Å². The van der Waals surface area contributed by atoms with Gasteiger partial charge in [-0.2, -0.15) is 0 Å². The van der Waals surface area contributed by atoms with Crippen LogP contribution < -0.4 is 10.2 Å². The number of halogens is 1. The van der Waals surface area contributed by atoms with Gasteiger partial charge in [-0.15, -0.1) is 0 Å². The number of pyridine rings is 2. The molecule has 138 valence electrons. The second-order valence-electron chi connectivity index (χ2n) is 6.73. The summed E-state index contributed by atoms with van der Waals surface area (Å²) in [7, 11) is 0. The van der Waals surface area contributed by atoms with E-state index in [1.165, 1.54) is 0 Å². The van der Waals surface area contributed by atoms with E-state index in [4.69, 9.17) is 4.74 Å². The Hall–Kier alpha value is -2.96. The molecular formula is C22H15BrN2O3. The zero-order chi connectivity index (χ0) is 19.3. The molecule has 0 amide bonds. The van der Waals surface area contributed by atoms with Gasteiger partial charge in [-0.3, -0.25) is 9.78 Å². The van der Waals surface area contributed by atoms with Crippen molar-refractivity contribution in [3.63, 3.8) is 0 Å². The summed E-state index contributed by atoms with van der Waals surface area (Å²) in [4.78, 5) is 16.6. The first-order valence-electron chi connectivity index (χ1n) is 8.80. The summed E-state index contributed by atoms with van der Waals surface area (Å²) in [5.41, 5.74) is 3.50. The highest BCUT2D eigenvalue weighted by atomic mass is 79.9. The van der Waals surface area contributed by atoms with E-state index in [1.54, 1.807) is 24.5 Å². The molecule has 0 saturated heterocycles. The number of aliphatic hydroxyl groups is 1. The first-order valence-corrected chi connectivity index (χ1v) is 9.59. The Kier molecular flexibility index (Phi) is 4.03. The van der Waals surface area contributed by atoms with Crippen molar-refractivity contribution < 1.29 is 9.84 Å². The Balaban J connectivity index is 1.66. The summed E-state index contributed by atoms with van der Waals surface area (Å²) >= 11 is 3.54. The number of rotatable bonds is 4. The van der Waals surface area contributed by atoms with Gasteiger partial charge in [-0.25, -0.2) is 0 Å². The normalized spacial score (nSPS) is 11.6. The molecule has 0 aliphatic rings. The number of aliphatic hydroxyl groups excluding tert-OH is 1. The number of hydrogen-bond acceptors (Lipinski definition) is 4. The molecule has 5 nitrogen and oxygen atoms in total. The Labute approximate surface area is 168 Å². The smallest absolute Gasteiger partial charge is 0.189 e. The molecule has 28 heavy (non-hydrogen) atoms. The van der Waals surface area contributed by atoms with Crippen LogP contribution in [0.4, 0.5) is 0 Å². The predicted octanol–water partition coefficient (Wildman–Crippen LogP) is 4.27. The molecule has 1 N–H and O–H groups in total. The van der Waals surface area contributed by atoms with Gasteiger partial charge >= 0.3 is 0 Å². The van der Waals surface area contributed by atoms with Gasteiger partial charge in [0.15, 0.2) is 5.43 Å². The van der Waals surface area contributed by atoms with Crippen molar-refractivity contribution in [3.05, 3.63) is 86.9 Å². The van der Waals surface area contributed by atoms with Crippen LogP contribution in [0.3, 0.4) is 0 Å². The van der Waals surface area contributed by atoms with Crippen molar-refractivity contribution in [1.82, 2.24) is 9.38 Å². The van der Waals surface area contributed by atoms with Gasteiger partial charge in [0.05, 0.1) is 23.0 Å². The van der Waals surface area contributed by atoms with E-state index >= 15 is 0 Å². The number of benzene rings is 2. The molecule has 0 atom stereocenters. The summed E-state index contributed by atoms with van der Waals surface area (Å²) in [6.07, 6.45) is 5.15. The fourth-order valence-electron chi connectivity index (χ4n) is 3.66. The lowest BCUT2D eigenvalue weighted by Gasteiger charge is -2.09.